The molecule has 0 aliphatic heterocycles. The van der Waals surface area contributed by atoms with E-state index in [1.807, 2.05) is 0 Å². The van der Waals surface area contributed by atoms with E-state index in [4.69, 9.17) is 0 Å². The summed E-state index contributed by atoms with van der Waals surface area (Å²) in [6.07, 6.45) is 0. The van der Waals surface area contributed by atoms with Gasteiger partial charge >= 0.3 is 0 Å². The molecule has 0 unspecified atom stereocenters. The van der Waals surface area contributed by atoms with E-state index in [-0.39, 0.29) is 37.2 Å². The van der Waals surface area contributed by atoms with Crippen LogP contribution in [0.5, 0.6) is 0 Å². The fourth-order valence-electron chi connectivity index (χ4n) is 0. The van der Waals surface area contributed by atoms with Crippen LogP contribution in [0, 0.1) is 0 Å². The molecule has 0 aliphatic carbocycles. The minimum Gasteiger partial charge on any atom is -0.0304 e. The Morgan fingerprint density at radius 2 is 1.25 bits per heavy atom. The van der Waals surface area contributed by atoms with Gasteiger partial charge in [-0.15, -0.1) is 0 Å². The van der Waals surface area contributed by atoms with Crippen LogP contribution in [0.2, 0.25) is 0 Å². The predicted octanol–water partition coefficient (Wildman–Crippen LogP) is -2.11. The summed E-state index contributed by atoms with van der Waals surface area (Å²) in [6, 6.07) is 0. The minimum atomic E-state index is 0. The average Bonchev–Trinajstić information content (AvgIpc) is 1.00. The Morgan fingerprint density at radius 1 is 1.25 bits per heavy atom. The van der Waals surface area contributed by atoms with Crippen LogP contribution in [-0.4, -0.2) is 17.6 Å². The molecular weight excluding hydrogens is 204 g/mol. The van der Waals surface area contributed by atoms with Crippen molar-refractivity contribution in [2.45, 2.75) is 0 Å². The Balaban J connectivity index is -0.00000000500. The van der Waals surface area contributed by atoms with Crippen LogP contribution >= 0.6 is 0 Å². The summed E-state index contributed by atoms with van der Waals surface area (Å²) in [5, 5.41) is 0. The molecule has 4 heteroatoms. The third kappa shape index (κ3) is 9.85. The molecule has 31 valence electrons. The van der Waals surface area contributed by atoms with Gasteiger partial charge in [0.25, 0.3) is 0 Å². The quantitative estimate of drug-likeness (QED) is 0.401. The molecule has 0 aromatic rings. The van der Waals surface area contributed by atoms with Gasteiger partial charge < -0.3 is 0 Å². The first-order valence-electron chi connectivity index (χ1n) is 1.00. The molecule has 0 aromatic heterocycles. The normalized spacial score (nSPS) is 2.00. The van der Waals surface area contributed by atoms with Crippen molar-refractivity contribution in [1.29, 1.82) is 0 Å². The van der Waals surface area contributed by atoms with Crippen molar-refractivity contribution in [2.24, 2.45) is 0 Å². The van der Waals surface area contributed by atoms with E-state index in [2.05, 4.69) is 7.44 Å². The zero-order chi connectivity index (χ0) is 2.00. The zero-order valence-electron chi connectivity index (χ0n) is 2.65. The van der Waals surface area contributed by atoms with Gasteiger partial charge in [-0.05, 0) is 10.1 Å². The summed E-state index contributed by atoms with van der Waals surface area (Å²) in [6.45, 7) is 0. The first-order valence-corrected chi connectivity index (χ1v) is 3.00. The summed E-state index contributed by atoms with van der Waals surface area (Å²) in [7, 11) is 3.44. The molecule has 0 N–H and O–H groups in total. The molecule has 1 radical (unpaired) electrons. The Bertz CT molecular complexity index is 8.00. The molecule has 0 nitrogen and oxygen atoms in total. The molecule has 0 heterocycles. The molecule has 4 heavy (non-hydrogen) atoms. The molecule has 0 amide bonds. The third-order valence-corrected chi connectivity index (χ3v) is 0. The minimum absolute atomic E-state index is 0. The van der Waals surface area contributed by atoms with E-state index in [0.29, 0.717) is 0 Å². The van der Waals surface area contributed by atoms with Gasteiger partial charge in [0.05, 0.1) is 7.44 Å². The topological polar surface area (TPSA) is 0 Å². The molecule has 0 atom stereocenters. The molecule has 0 aliphatic rings. The summed E-state index contributed by atoms with van der Waals surface area (Å²) >= 11 is 0. The Kier molecular flexibility index (Phi) is 113. The van der Waals surface area contributed by atoms with Crippen molar-refractivity contribution in [3.63, 3.8) is 0 Å². The van der Waals surface area contributed by atoms with Crippen molar-refractivity contribution >= 4 is 17.6 Å². The van der Waals surface area contributed by atoms with E-state index in [1.54, 1.807) is 0 Å². The zero-order valence-corrected chi connectivity index (χ0v) is 7.25. The third-order valence-electron chi connectivity index (χ3n) is 0. The molecular formula is H5BCoPdSi. The van der Waals surface area contributed by atoms with Crippen LogP contribution in [0.1, 0.15) is 0 Å². The maximum Gasteiger partial charge on any atom is 0.0852 e. The van der Waals surface area contributed by atoms with Crippen molar-refractivity contribution in [2.75, 3.05) is 0 Å². The van der Waals surface area contributed by atoms with E-state index >= 15 is 0 Å². The van der Waals surface area contributed by atoms with Gasteiger partial charge in [-0.25, -0.2) is 0 Å². The first kappa shape index (κ1) is 18.0. The molecule has 0 bridgehead atoms. The van der Waals surface area contributed by atoms with Gasteiger partial charge in [-0.3, -0.25) is 0 Å². The Hall–Kier alpha value is 1.45. The number of hydrogen-bond acceptors (Lipinski definition) is 0. The van der Waals surface area contributed by atoms with Crippen molar-refractivity contribution in [1.82, 2.24) is 0 Å². The SMILES string of the molecule is B[SiH3].[Co].[Pd]. The van der Waals surface area contributed by atoms with Gasteiger partial charge in [0.15, 0.2) is 0 Å². The van der Waals surface area contributed by atoms with E-state index in [1.165, 1.54) is 10.1 Å². The maximum absolute atomic E-state index is 2.14. The van der Waals surface area contributed by atoms with Crippen molar-refractivity contribution in [3.8, 4) is 0 Å². The second-order valence-corrected chi connectivity index (χ2v) is 0. The summed E-state index contributed by atoms with van der Waals surface area (Å²) < 4.78 is 0. The number of hydrogen-bond donors (Lipinski definition) is 0. The summed E-state index contributed by atoms with van der Waals surface area (Å²) in [5.74, 6) is 0. The second kappa shape index (κ2) is 25.2. The van der Waals surface area contributed by atoms with Crippen LogP contribution in [0.4, 0.5) is 0 Å². The molecule has 0 rings (SSSR count). The number of rotatable bonds is 0. The van der Waals surface area contributed by atoms with Crippen molar-refractivity contribution in [3.05, 3.63) is 0 Å². The van der Waals surface area contributed by atoms with E-state index in [9.17, 15) is 0 Å². The van der Waals surface area contributed by atoms with Crippen LogP contribution in [0.25, 0.3) is 0 Å². The second-order valence-electron chi connectivity index (χ2n) is 0. The van der Waals surface area contributed by atoms with Gasteiger partial charge in [0, 0.05) is 37.2 Å². The van der Waals surface area contributed by atoms with Gasteiger partial charge in [-0.1, -0.05) is 0 Å². The van der Waals surface area contributed by atoms with Crippen LogP contribution in [-0.2, 0) is 37.2 Å². The standard InChI is InChI=1S/BH5Si.Co.Pd/c1-2;;/h1H2,2H3;;. The molecule has 0 saturated heterocycles. The molecule has 0 aromatic carbocycles. The predicted molar refractivity (Wildman–Crippen MR) is 18.5 cm³/mol. The molecule has 0 saturated carbocycles. The molecule has 0 spiro atoms. The van der Waals surface area contributed by atoms with Crippen molar-refractivity contribution < 1.29 is 37.2 Å². The van der Waals surface area contributed by atoms with E-state index < -0.39 is 0 Å². The van der Waals surface area contributed by atoms with Crippen LogP contribution in [0.15, 0.2) is 0 Å². The molecule has 0 fully saturated rings. The first-order chi connectivity index (χ1) is 1.00. The Labute approximate surface area is 54.7 Å². The monoisotopic (exact) mass is 209 g/mol. The fourth-order valence-corrected chi connectivity index (χ4v) is 0. The summed E-state index contributed by atoms with van der Waals surface area (Å²) in [4.78, 5) is 0. The summed E-state index contributed by atoms with van der Waals surface area (Å²) in [5.41, 5.74) is 0. The van der Waals surface area contributed by atoms with Crippen LogP contribution in [0.3, 0.4) is 0 Å². The smallest absolute Gasteiger partial charge is 0.0304 e. The fraction of sp³-hybridized carbons (Fsp3) is 0. The van der Waals surface area contributed by atoms with Crippen LogP contribution < -0.4 is 0 Å². The Morgan fingerprint density at radius 3 is 1.25 bits per heavy atom. The largest absolute Gasteiger partial charge is 0.0852 e. The van der Waals surface area contributed by atoms with Gasteiger partial charge in [0.1, 0.15) is 0 Å². The average molecular weight is 209 g/mol. The van der Waals surface area contributed by atoms with E-state index in [0.717, 1.165) is 0 Å². The van der Waals surface area contributed by atoms with Gasteiger partial charge in [0.2, 0.25) is 0 Å². The maximum atomic E-state index is 2.14. The van der Waals surface area contributed by atoms with Gasteiger partial charge in [-0.2, -0.15) is 0 Å².